The van der Waals surface area contributed by atoms with Crippen molar-refractivity contribution in [3.8, 4) is 0 Å². The summed E-state index contributed by atoms with van der Waals surface area (Å²) in [7, 11) is 3.40. The molecular formula is C12H21NO4. The number of hydrogen-bond acceptors (Lipinski definition) is 4. The van der Waals surface area contributed by atoms with Crippen LogP contribution in [-0.4, -0.2) is 62.0 Å². The summed E-state index contributed by atoms with van der Waals surface area (Å²) in [6, 6.07) is 0. The van der Waals surface area contributed by atoms with E-state index in [1.807, 2.05) is 0 Å². The van der Waals surface area contributed by atoms with E-state index in [0.29, 0.717) is 6.42 Å². The number of carboxylic acids is 1. The van der Waals surface area contributed by atoms with Crippen LogP contribution in [0.25, 0.3) is 0 Å². The van der Waals surface area contributed by atoms with E-state index in [-0.39, 0.29) is 17.6 Å². The molecule has 5 heteroatoms. The first kappa shape index (κ1) is 12.8. The molecule has 5 nitrogen and oxygen atoms in total. The van der Waals surface area contributed by atoms with Crippen molar-refractivity contribution in [1.82, 2.24) is 4.90 Å². The van der Waals surface area contributed by atoms with Crippen molar-refractivity contribution < 1.29 is 19.4 Å². The number of rotatable bonds is 6. The average molecular weight is 243 g/mol. The van der Waals surface area contributed by atoms with Crippen LogP contribution in [0.1, 0.15) is 19.3 Å². The summed E-state index contributed by atoms with van der Waals surface area (Å²) in [6.07, 6.45) is 2.58. The first-order chi connectivity index (χ1) is 8.08. The molecule has 2 fully saturated rings. The van der Waals surface area contributed by atoms with Gasteiger partial charge in [0.25, 0.3) is 0 Å². The Bertz CT molecular complexity index is 278. The van der Waals surface area contributed by atoms with E-state index >= 15 is 0 Å². The van der Waals surface area contributed by atoms with Gasteiger partial charge in [-0.3, -0.25) is 9.69 Å². The fourth-order valence-electron chi connectivity index (χ4n) is 2.76. The first-order valence-corrected chi connectivity index (χ1v) is 6.08. The van der Waals surface area contributed by atoms with Crippen LogP contribution in [0.15, 0.2) is 0 Å². The molecule has 2 atom stereocenters. The lowest BCUT2D eigenvalue weighted by Gasteiger charge is -2.21. The maximum absolute atomic E-state index is 10.8. The minimum Gasteiger partial charge on any atom is -0.481 e. The number of carboxylic acid groups (broad SMARTS) is 1. The molecule has 2 aliphatic rings. The van der Waals surface area contributed by atoms with Gasteiger partial charge in [0.1, 0.15) is 0 Å². The Morgan fingerprint density at radius 1 is 1.29 bits per heavy atom. The van der Waals surface area contributed by atoms with Gasteiger partial charge in [-0.15, -0.1) is 0 Å². The fraction of sp³-hybridized carbons (Fsp3) is 0.917. The smallest absolute Gasteiger partial charge is 0.303 e. The number of nitrogens with zero attached hydrogens (tertiary/aromatic N) is 1. The van der Waals surface area contributed by atoms with Crippen molar-refractivity contribution in [2.75, 3.05) is 33.9 Å². The van der Waals surface area contributed by atoms with E-state index < -0.39 is 5.97 Å². The summed E-state index contributed by atoms with van der Waals surface area (Å²) in [4.78, 5) is 13.1. The molecule has 0 bridgehead atoms. The van der Waals surface area contributed by atoms with Crippen LogP contribution >= 0.6 is 0 Å². The first-order valence-electron chi connectivity index (χ1n) is 6.08. The van der Waals surface area contributed by atoms with Crippen LogP contribution in [-0.2, 0) is 14.3 Å². The number of hydrogen-bond donors (Lipinski definition) is 1. The zero-order valence-electron chi connectivity index (χ0n) is 10.5. The Balaban J connectivity index is 1.86. The highest BCUT2D eigenvalue weighted by molar-refractivity contribution is 5.68. The number of likely N-dealkylation sites (tertiary alicyclic amines) is 1. The normalized spacial score (nSPS) is 31.6. The Morgan fingerprint density at radius 2 is 1.82 bits per heavy atom. The van der Waals surface area contributed by atoms with Crippen LogP contribution in [0.3, 0.4) is 0 Å². The van der Waals surface area contributed by atoms with Crippen molar-refractivity contribution in [3.63, 3.8) is 0 Å². The molecule has 1 saturated carbocycles. The van der Waals surface area contributed by atoms with Crippen LogP contribution in [0, 0.1) is 5.41 Å². The van der Waals surface area contributed by atoms with E-state index in [2.05, 4.69) is 4.90 Å². The maximum atomic E-state index is 10.8. The molecule has 1 N–H and O–H groups in total. The summed E-state index contributed by atoms with van der Waals surface area (Å²) in [5, 5.41) is 8.89. The number of ether oxygens (including phenoxy) is 2. The third-order valence-corrected chi connectivity index (χ3v) is 3.94. The van der Waals surface area contributed by atoms with Crippen LogP contribution in [0.5, 0.6) is 0 Å². The van der Waals surface area contributed by atoms with Crippen molar-refractivity contribution in [3.05, 3.63) is 0 Å². The van der Waals surface area contributed by atoms with Crippen LogP contribution < -0.4 is 0 Å². The van der Waals surface area contributed by atoms with Crippen LogP contribution in [0.2, 0.25) is 0 Å². The minimum atomic E-state index is -0.687. The second-order valence-corrected chi connectivity index (χ2v) is 5.31. The van der Waals surface area contributed by atoms with Gasteiger partial charge in [-0.05, 0) is 18.3 Å². The van der Waals surface area contributed by atoms with E-state index in [4.69, 9.17) is 14.6 Å². The summed E-state index contributed by atoms with van der Waals surface area (Å²) < 4.78 is 10.8. The van der Waals surface area contributed by atoms with Crippen LogP contribution in [0.4, 0.5) is 0 Å². The largest absolute Gasteiger partial charge is 0.481 e. The summed E-state index contributed by atoms with van der Waals surface area (Å²) in [6.45, 7) is 2.55. The van der Waals surface area contributed by atoms with Gasteiger partial charge in [0.2, 0.25) is 0 Å². The molecule has 0 spiro atoms. The maximum Gasteiger partial charge on any atom is 0.303 e. The van der Waals surface area contributed by atoms with Gasteiger partial charge >= 0.3 is 5.97 Å². The lowest BCUT2D eigenvalue weighted by atomic mass is 10.0. The van der Waals surface area contributed by atoms with Crippen molar-refractivity contribution >= 4 is 5.97 Å². The molecule has 0 amide bonds. The number of aliphatic carboxylic acids is 1. The van der Waals surface area contributed by atoms with Gasteiger partial charge in [0, 0.05) is 33.9 Å². The van der Waals surface area contributed by atoms with Crippen molar-refractivity contribution in [1.29, 1.82) is 0 Å². The zero-order chi connectivity index (χ0) is 12.5. The van der Waals surface area contributed by atoms with E-state index in [9.17, 15) is 4.79 Å². The average Bonchev–Trinajstić information content (AvgIpc) is 2.89. The molecular weight excluding hydrogens is 222 g/mol. The minimum absolute atomic E-state index is 0.0206. The predicted octanol–water partition coefficient (Wildman–Crippen LogP) is 0.587. The monoisotopic (exact) mass is 243 g/mol. The lowest BCUT2D eigenvalue weighted by Crippen LogP contribution is -2.31. The van der Waals surface area contributed by atoms with Gasteiger partial charge in [-0.25, -0.2) is 0 Å². The van der Waals surface area contributed by atoms with Crippen molar-refractivity contribution in [2.45, 2.75) is 31.5 Å². The van der Waals surface area contributed by atoms with Crippen molar-refractivity contribution in [2.24, 2.45) is 5.41 Å². The quantitative estimate of drug-likeness (QED) is 0.739. The highest BCUT2D eigenvalue weighted by atomic mass is 16.5. The summed E-state index contributed by atoms with van der Waals surface area (Å²) in [5.41, 5.74) is 0.0206. The molecule has 2 unspecified atom stereocenters. The highest BCUT2D eigenvalue weighted by Gasteiger charge is 2.47. The molecule has 0 aromatic heterocycles. The lowest BCUT2D eigenvalue weighted by molar-refractivity contribution is -0.138. The number of methoxy groups -OCH3 is 2. The third-order valence-electron chi connectivity index (χ3n) is 3.94. The van der Waals surface area contributed by atoms with Gasteiger partial charge < -0.3 is 14.6 Å². The highest BCUT2D eigenvalue weighted by Crippen LogP contribution is 2.49. The molecule has 2 rings (SSSR count). The molecule has 17 heavy (non-hydrogen) atoms. The SMILES string of the molecule is COC1CN(CC2(CC(=O)O)CC2)CC1OC. The molecule has 1 aliphatic heterocycles. The summed E-state index contributed by atoms with van der Waals surface area (Å²) in [5.74, 6) is -0.687. The Morgan fingerprint density at radius 3 is 2.18 bits per heavy atom. The molecule has 0 aromatic carbocycles. The van der Waals surface area contributed by atoms with E-state index in [1.54, 1.807) is 14.2 Å². The zero-order valence-corrected chi connectivity index (χ0v) is 10.5. The van der Waals surface area contributed by atoms with E-state index in [0.717, 1.165) is 32.5 Å². The Hall–Kier alpha value is -0.650. The standard InChI is InChI=1S/C12H21NO4/c1-16-9-6-13(7-10(9)17-2)8-12(3-4-12)5-11(14)15/h9-10H,3-8H2,1-2H3,(H,14,15). The van der Waals surface area contributed by atoms with E-state index in [1.165, 1.54) is 0 Å². The molecule has 98 valence electrons. The summed E-state index contributed by atoms with van der Waals surface area (Å²) >= 11 is 0. The fourth-order valence-corrected chi connectivity index (χ4v) is 2.76. The van der Waals surface area contributed by atoms with Gasteiger partial charge in [-0.1, -0.05) is 0 Å². The predicted molar refractivity (Wildman–Crippen MR) is 62.0 cm³/mol. The van der Waals surface area contributed by atoms with Gasteiger partial charge in [0.05, 0.1) is 18.6 Å². The third kappa shape index (κ3) is 2.97. The molecule has 1 aliphatic carbocycles. The Kier molecular flexibility index (Phi) is 3.70. The molecule has 0 aromatic rings. The van der Waals surface area contributed by atoms with Gasteiger partial charge in [0.15, 0.2) is 0 Å². The molecule has 1 saturated heterocycles. The molecule has 0 radical (unpaired) electrons. The topological polar surface area (TPSA) is 59.0 Å². The second kappa shape index (κ2) is 4.92. The Labute approximate surface area is 102 Å². The second-order valence-electron chi connectivity index (χ2n) is 5.31. The van der Waals surface area contributed by atoms with Gasteiger partial charge in [-0.2, -0.15) is 0 Å². The molecule has 1 heterocycles. The number of carbonyl (C=O) groups is 1.